The van der Waals surface area contributed by atoms with Crippen LogP contribution >= 0.6 is 0 Å². The highest BCUT2D eigenvalue weighted by atomic mass is 14.9. The molecule has 24 heavy (non-hydrogen) atoms. The van der Waals surface area contributed by atoms with Gasteiger partial charge in [-0.2, -0.15) is 4.57 Å². The molecule has 4 aromatic rings. The normalized spacial score (nSPS) is 10.5. The number of hydrogen-bond acceptors (Lipinski definition) is 3. The van der Waals surface area contributed by atoms with Gasteiger partial charge in [0.2, 0.25) is 5.69 Å². The lowest BCUT2D eigenvalue weighted by atomic mass is 10.1. The summed E-state index contributed by atoms with van der Waals surface area (Å²) in [6.45, 7) is 0. The molecular weight excluding hydrogens is 296 g/mol. The first kappa shape index (κ1) is 14.2. The zero-order valence-corrected chi connectivity index (χ0v) is 12.9. The Morgan fingerprint density at radius 2 is 1.38 bits per heavy atom. The average molecular weight is 311 g/mol. The minimum atomic E-state index is 0.860. The molecule has 0 aromatic carbocycles. The van der Waals surface area contributed by atoms with Crippen LogP contribution in [0.15, 0.2) is 91.8 Å². The zero-order valence-electron chi connectivity index (χ0n) is 12.9. The predicted molar refractivity (Wildman–Crippen MR) is 92.2 cm³/mol. The van der Waals surface area contributed by atoms with Crippen LogP contribution in [-0.2, 0) is 0 Å². The van der Waals surface area contributed by atoms with Crippen LogP contribution in [0.2, 0.25) is 0 Å². The summed E-state index contributed by atoms with van der Waals surface area (Å²) >= 11 is 0. The van der Waals surface area contributed by atoms with Crippen molar-refractivity contribution in [3.05, 3.63) is 91.8 Å². The van der Waals surface area contributed by atoms with E-state index in [0.29, 0.717) is 0 Å². The molecule has 4 nitrogen and oxygen atoms in total. The van der Waals surface area contributed by atoms with Crippen molar-refractivity contribution in [1.82, 2.24) is 15.0 Å². The zero-order chi connectivity index (χ0) is 16.2. The average Bonchev–Trinajstić information content (AvgIpc) is 2.70. The summed E-state index contributed by atoms with van der Waals surface area (Å²) in [6, 6.07) is 18.0. The van der Waals surface area contributed by atoms with Crippen LogP contribution in [0.5, 0.6) is 0 Å². The fourth-order valence-electron chi connectivity index (χ4n) is 2.57. The molecule has 0 unspecified atom stereocenters. The van der Waals surface area contributed by atoms with Gasteiger partial charge in [-0.1, -0.05) is 6.07 Å². The number of aromatic nitrogens is 4. The van der Waals surface area contributed by atoms with Crippen LogP contribution in [0.3, 0.4) is 0 Å². The van der Waals surface area contributed by atoms with Gasteiger partial charge in [-0.15, -0.1) is 0 Å². The summed E-state index contributed by atoms with van der Waals surface area (Å²) in [7, 11) is 0. The molecule has 0 spiro atoms. The van der Waals surface area contributed by atoms with Gasteiger partial charge in [0.1, 0.15) is 0 Å². The molecule has 0 atom stereocenters. The summed E-state index contributed by atoms with van der Waals surface area (Å²) in [5, 5.41) is 0. The highest BCUT2D eigenvalue weighted by molar-refractivity contribution is 5.61. The number of hydrogen-bond donors (Lipinski definition) is 0. The number of pyridine rings is 4. The van der Waals surface area contributed by atoms with Crippen LogP contribution < -0.4 is 4.57 Å². The molecule has 4 rings (SSSR count). The minimum Gasteiger partial charge on any atom is -0.265 e. The maximum absolute atomic E-state index is 4.42. The Morgan fingerprint density at radius 1 is 0.625 bits per heavy atom. The SMILES string of the molecule is c1ccc(-c2cc(-[n+]3ccc(-c4ccncc4)cc3)ccn2)nc1. The van der Waals surface area contributed by atoms with E-state index in [4.69, 9.17) is 0 Å². The molecule has 4 heteroatoms. The minimum absolute atomic E-state index is 0.860. The Morgan fingerprint density at radius 3 is 2.12 bits per heavy atom. The molecule has 0 saturated heterocycles. The topological polar surface area (TPSA) is 42.5 Å². The van der Waals surface area contributed by atoms with E-state index in [-0.39, 0.29) is 0 Å². The fourth-order valence-corrected chi connectivity index (χ4v) is 2.57. The molecule has 0 aliphatic heterocycles. The van der Waals surface area contributed by atoms with Crippen molar-refractivity contribution in [2.75, 3.05) is 0 Å². The van der Waals surface area contributed by atoms with E-state index in [9.17, 15) is 0 Å². The van der Waals surface area contributed by atoms with Gasteiger partial charge in [-0.25, -0.2) is 0 Å². The Kier molecular flexibility index (Phi) is 3.78. The molecule has 0 bridgehead atoms. The Labute approximate surface area is 140 Å². The predicted octanol–water partition coefficient (Wildman–Crippen LogP) is 3.48. The van der Waals surface area contributed by atoms with E-state index in [2.05, 4.69) is 31.7 Å². The van der Waals surface area contributed by atoms with E-state index in [1.54, 1.807) is 18.6 Å². The molecule has 4 aromatic heterocycles. The fraction of sp³-hybridized carbons (Fsp3) is 0. The lowest BCUT2D eigenvalue weighted by molar-refractivity contribution is -0.595. The lowest BCUT2D eigenvalue weighted by Crippen LogP contribution is -2.29. The molecule has 0 saturated carbocycles. The van der Waals surface area contributed by atoms with E-state index in [1.807, 2.05) is 61.1 Å². The summed E-state index contributed by atoms with van der Waals surface area (Å²) in [4.78, 5) is 12.8. The quantitative estimate of drug-likeness (QED) is 0.544. The largest absolute Gasteiger partial charge is 0.265 e. The molecule has 0 aliphatic rings. The third-order valence-corrected chi connectivity index (χ3v) is 3.81. The maximum atomic E-state index is 4.42. The number of rotatable bonds is 3. The lowest BCUT2D eigenvalue weighted by Gasteiger charge is -2.02. The van der Waals surface area contributed by atoms with Crippen molar-refractivity contribution in [3.63, 3.8) is 0 Å². The smallest absolute Gasteiger partial charge is 0.214 e. The van der Waals surface area contributed by atoms with Gasteiger partial charge in [0, 0.05) is 49.1 Å². The van der Waals surface area contributed by atoms with Crippen molar-refractivity contribution in [2.45, 2.75) is 0 Å². The van der Waals surface area contributed by atoms with Gasteiger partial charge < -0.3 is 0 Å². The molecular formula is C20H15N4+. The summed E-state index contributed by atoms with van der Waals surface area (Å²) in [5.74, 6) is 0. The van der Waals surface area contributed by atoms with Crippen molar-refractivity contribution in [2.24, 2.45) is 0 Å². The Balaban J connectivity index is 1.67. The van der Waals surface area contributed by atoms with E-state index >= 15 is 0 Å². The highest BCUT2D eigenvalue weighted by Crippen LogP contribution is 2.17. The molecule has 0 N–H and O–H groups in total. The van der Waals surface area contributed by atoms with Gasteiger partial charge in [0.25, 0.3) is 0 Å². The second kappa shape index (κ2) is 6.38. The summed E-state index contributed by atoms with van der Waals surface area (Å²) in [5.41, 5.74) is 5.09. The van der Waals surface area contributed by atoms with E-state index < -0.39 is 0 Å². The van der Waals surface area contributed by atoms with Gasteiger partial charge in [-0.05, 0) is 35.4 Å². The molecule has 0 aliphatic carbocycles. The molecule has 4 heterocycles. The van der Waals surface area contributed by atoms with Gasteiger partial charge >= 0.3 is 0 Å². The summed E-state index contributed by atoms with van der Waals surface area (Å²) in [6.07, 6.45) is 11.3. The first-order valence-electron chi connectivity index (χ1n) is 7.70. The van der Waals surface area contributed by atoms with Crippen LogP contribution in [0.25, 0.3) is 28.2 Å². The maximum Gasteiger partial charge on any atom is 0.214 e. The molecule has 0 amide bonds. The van der Waals surface area contributed by atoms with Crippen LogP contribution in [0.1, 0.15) is 0 Å². The number of nitrogens with zero attached hydrogens (tertiary/aromatic N) is 4. The van der Waals surface area contributed by atoms with Crippen molar-refractivity contribution in [1.29, 1.82) is 0 Å². The third kappa shape index (κ3) is 2.90. The second-order valence-corrected chi connectivity index (χ2v) is 5.34. The standard InChI is InChI=1S/C20H15N4/c1-2-9-22-19(3-1)20-15-18(6-12-23-20)24-13-7-17(8-14-24)16-4-10-21-11-5-16/h1-15H/q+1. The van der Waals surface area contributed by atoms with Gasteiger partial charge in [0.05, 0.1) is 11.4 Å². The van der Waals surface area contributed by atoms with Crippen molar-refractivity contribution in [3.8, 4) is 28.2 Å². The molecule has 114 valence electrons. The Bertz CT molecular complexity index is 936. The van der Waals surface area contributed by atoms with Crippen molar-refractivity contribution < 1.29 is 4.57 Å². The first-order chi connectivity index (χ1) is 11.9. The van der Waals surface area contributed by atoms with Gasteiger partial charge in [-0.3, -0.25) is 15.0 Å². The third-order valence-electron chi connectivity index (χ3n) is 3.81. The van der Waals surface area contributed by atoms with Crippen molar-refractivity contribution >= 4 is 0 Å². The Hall–Kier alpha value is -3.40. The van der Waals surface area contributed by atoms with Crippen LogP contribution in [0.4, 0.5) is 0 Å². The van der Waals surface area contributed by atoms with Gasteiger partial charge in [0.15, 0.2) is 12.4 Å². The van der Waals surface area contributed by atoms with Crippen LogP contribution in [0, 0.1) is 0 Å². The summed E-state index contributed by atoms with van der Waals surface area (Å²) < 4.78 is 2.07. The van der Waals surface area contributed by atoms with E-state index in [1.165, 1.54) is 0 Å². The van der Waals surface area contributed by atoms with Crippen LogP contribution in [-0.4, -0.2) is 15.0 Å². The molecule has 0 fully saturated rings. The highest BCUT2D eigenvalue weighted by Gasteiger charge is 2.09. The second-order valence-electron chi connectivity index (χ2n) is 5.34. The first-order valence-corrected chi connectivity index (χ1v) is 7.70. The van der Waals surface area contributed by atoms with E-state index in [0.717, 1.165) is 28.2 Å². The monoisotopic (exact) mass is 311 g/mol. The molecule has 0 radical (unpaired) electrons.